The molecule has 4 rings (SSSR count). The average molecular weight is 405 g/mol. The molecule has 2 heterocycles. The molecule has 2 aromatic carbocycles. The molecule has 0 fully saturated rings. The van der Waals surface area contributed by atoms with Gasteiger partial charge in [-0.05, 0) is 32.9 Å². The van der Waals surface area contributed by atoms with Crippen molar-refractivity contribution in [1.82, 2.24) is 15.2 Å². The van der Waals surface area contributed by atoms with Gasteiger partial charge in [-0.25, -0.2) is 9.78 Å². The highest BCUT2D eigenvalue weighted by Gasteiger charge is 2.23. The largest absolute Gasteiger partial charge is 0.448 e. The van der Waals surface area contributed by atoms with E-state index in [1.54, 1.807) is 13.8 Å². The highest BCUT2D eigenvalue weighted by molar-refractivity contribution is 7.17. The fourth-order valence-electron chi connectivity index (χ4n) is 2.77. The van der Waals surface area contributed by atoms with Gasteiger partial charge in [0.1, 0.15) is 9.88 Å². The first-order valence-electron chi connectivity index (χ1n) is 9.15. The molecule has 7 heteroatoms. The molecule has 0 spiro atoms. The summed E-state index contributed by atoms with van der Waals surface area (Å²) >= 11 is 1.31. The lowest BCUT2D eigenvalue weighted by atomic mass is 10.1. The van der Waals surface area contributed by atoms with Crippen molar-refractivity contribution < 1.29 is 13.9 Å². The Hall–Kier alpha value is -3.32. The normalized spacial score (nSPS) is 12.0. The minimum atomic E-state index is -0.670. The molecule has 2 aromatic heterocycles. The molecule has 0 aliphatic carbocycles. The van der Waals surface area contributed by atoms with Gasteiger partial charge in [0, 0.05) is 11.1 Å². The second kappa shape index (κ2) is 7.97. The number of aryl methyl sites for hydroxylation is 2. The zero-order valence-electron chi connectivity index (χ0n) is 16.2. The van der Waals surface area contributed by atoms with Crippen LogP contribution in [0.3, 0.4) is 0 Å². The maximum atomic E-state index is 12.7. The Morgan fingerprint density at radius 3 is 2.45 bits per heavy atom. The standard InChI is InChI=1S/C22H19N3O3S/c1-13-9-11-16(12-10-13)20-25-24-19(28-20)15(3)27-22(26)18-14(2)23-21(29-18)17-7-5-4-6-8-17/h4-12,15H,1-3H3/t15-/m0/s1. The van der Waals surface area contributed by atoms with Crippen LogP contribution in [-0.4, -0.2) is 21.2 Å². The van der Waals surface area contributed by atoms with Gasteiger partial charge in [0.2, 0.25) is 5.89 Å². The Morgan fingerprint density at radius 1 is 1.00 bits per heavy atom. The van der Waals surface area contributed by atoms with Crippen LogP contribution < -0.4 is 0 Å². The van der Waals surface area contributed by atoms with Crippen molar-refractivity contribution in [3.05, 3.63) is 76.6 Å². The van der Waals surface area contributed by atoms with Crippen LogP contribution in [0.25, 0.3) is 22.0 Å². The molecule has 0 radical (unpaired) electrons. The van der Waals surface area contributed by atoms with Crippen molar-refractivity contribution in [3.63, 3.8) is 0 Å². The minimum Gasteiger partial charge on any atom is -0.448 e. The van der Waals surface area contributed by atoms with Crippen LogP contribution in [-0.2, 0) is 4.74 Å². The van der Waals surface area contributed by atoms with E-state index >= 15 is 0 Å². The van der Waals surface area contributed by atoms with Gasteiger partial charge in [-0.2, -0.15) is 0 Å². The molecule has 0 bridgehead atoms. The number of nitrogens with zero attached hydrogens (tertiary/aromatic N) is 3. The maximum absolute atomic E-state index is 12.7. The van der Waals surface area contributed by atoms with Crippen LogP contribution in [0.15, 0.2) is 59.0 Å². The van der Waals surface area contributed by atoms with Gasteiger partial charge >= 0.3 is 5.97 Å². The summed E-state index contributed by atoms with van der Waals surface area (Å²) in [5.41, 5.74) is 3.56. The SMILES string of the molecule is Cc1ccc(-c2nnc([C@H](C)OC(=O)c3sc(-c4ccccc4)nc3C)o2)cc1. The lowest BCUT2D eigenvalue weighted by Gasteiger charge is -2.08. The Morgan fingerprint density at radius 2 is 1.72 bits per heavy atom. The third kappa shape index (κ3) is 4.09. The van der Waals surface area contributed by atoms with E-state index in [-0.39, 0.29) is 5.89 Å². The molecule has 146 valence electrons. The third-order valence-corrected chi connectivity index (χ3v) is 5.56. The number of esters is 1. The number of carbonyl (C=O) groups excluding carboxylic acids is 1. The van der Waals surface area contributed by atoms with E-state index in [9.17, 15) is 4.79 Å². The molecule has 1 atom stereocenters. The number of aromatic nitrogens is 3. The van der Waals surface area contributed by atoms with E-state index in [4.69, 9.17) is 9.15 Å². The van der Waals surface area contributed by atoms with Gasteiger partial charge < -0.3 is 9.15 Å². The topological polar surface area (TPSA) is 78.1 Å². The number of ether oxygens (including phenoxy) is 1. The molecule has 4 aromatic rings. The summed E-state index contributed by atoms with van der Waals surface area (Å²) in [7, 11) is 0. The van der Waals surface area contributed by atoms with E-state index in [0.29, 0.717) is 16.5 Å². The smallest absolute Gasteiger partial charge is 0.351 e. The molecule has 0 aliphatic rings. The van der Waals surface area contributed by atoms with E-state index < -0.39 is 12.1 Å². The third-order valence-electron chi connectivity index (χ3n) is 4.37. The summed E-state index contributed by atoms with van der Waals surface area (Å²) in [5.74, 6) is 0.187. The second-order valence-corrected chi connectivity index (χ2v) is 7.66. The highest BCUT2D eigenvalue weighted by atomic mass is 32.1. The quantitative estimate of drug-likeness (QED) is 0.414. The number of carbonyl (C=O) groups is 1. The van der Waals surface area contributed by atoms with Crippen LogP contribution in [0.1, 0.15) is 39.8 Å². The lowest BCUT2D eigenvalue weighted by molar-refractivity contribution is 0.0284. The number of rotatable bonds is 5. The zero-order chi connectivity index (χ0) is 20.4. The van der Waals surface area contributed by atoms with Crippen molar-refractivity contribution in [1.29, 1.82) is 0 Å². The molecule has 0 aliphatic heterocycles. The van der Waals surface area contributed by atoms with E-state index in [1.165, 1.54) is 11.3 Å². The average Bonchev–Trinajstić information content (AvgIpc) is 3.36. The first-order valence-corrected chi connectivity index (χ1v) is 9.97. The molecular weight excluding hydrogens is 386 g/mol. The Bertz CT molecular complexity index is 1130. The van der Waals surface area contributed by atoms with Gasteiger partial charge in [-0.3, -0.25) is 0 Å². The van der Waals surface area contributed by atoms with E-state index in [0.717, 1.165) is 21.7 Å². The minimum absolute atomic E-state index is 0.249. The summed E-state index contributed by atoms with van der Waals surface area (Å²) in [4.78, 5) is 17.6. The molecular formula is C22H19N3O3S. The first-order chi connectivity index (χ1) is 14.0. The second-order valence-electron chi connectivity index (χ2n) is 6.66. The van der Waals surface area contributed by atoms with Gasteiger partial charge in [0.05, 0.1) is 5.69 Å². The van der Waals surface area contributed by atoms with Crippen molar-refractivity contribution in [2.45, 2.75) is 26.9 Å². The molecule has 0 saturated carbocycles. The van der Waals surface area contributed by atoms with Crippen molar-refractivity contribution >= 4 is 17.3 Å². The highest BCUT2D eigenvalue weighted by Crippen LogP contribution is 2.30. The summed E-state index contributed by atoms with van der Waals surface area (Å²) in [6.45, 7) is 5.51. The fourth-order valence-corrected chi connectivity index (χ4v) is 3.72. The summed E-state index contributed by atoms with van der Waals surface area (Å²) in [6.07, 6.45) is -0.670. The van der Waals surface area contributed by atoms with E-state index in [2.05, 4.69) is 15.2 Å². The fraction of sp³-hybridized carbons (Fsp3) is 0.182. The number of benzene rings is 2. The molecule has 29 heavy (non-hydrogen) atoms. The number of thiazole rings is 1. The van der Waals surface area contributed by atoms with Crippen LogP contribution in [0.4, 0.5) is 0 Å². The van der Waals surface area contributed by atoms with Gasteiger partial charge in [-0.15, -0.1) is 21.5 Å². The predicted molar refractivity (Wildman–Crippen MR) is 111 cm³/mol. The predicted octanol–water partition coefficient (Wildman–Crippen LogP) is 5.39. The summed E-state index contributed by atoms with van der Waals surface area (Å²) < 4.78 is 11.3. The summed E-state index contributed by atoms with van der Waals surface area (Å²) in [6, 6.07) is 17.5. The lowest BCUT2D eigenvalue weighted by Crippen LogP contribution is -2.09. The van der Waals surface area contributed by atoms with Crippen LogP contribution >= 0.6 is 11.3 Å². The van der Waals surface area contributed by atoms with Crippen molar-refractivity contribution in [3.8, 4) is 22.0 Å². The van der Waals surface area contributed by atoms with E-state index in [1.807, 2.05) is 61.5 Å². The Labute approximate surface area is 172 Å². The Kier molecular flexibility index (Phi) is 5.22. The van der Waals surface area contributed by atoms with Crippen molar-refractivity contribution in [2.75, 3.05) is 0 Å². The van der Waals surface area contributed by atoms with Crippen LogP contribution in [0.5, 0.6) is 0 Å². The van der Waals surface area contributed by atoms with Crippen LogP contribution in [0, 0.1) is 13.8 Å². The Balaban J connectivity index is 1.49. The first kappa shape index (κ1) is 19.0. The molecule has 6 nitrogen and oxygen atoms in total. The maximum Gasteiger partial charge on any atom is 0.351 e. The summed E-state index contributed by atoms with van der Waals surface area (Å²) in [5, 5.41) is 8.87. The van der Waals surface area contributed by atoms with Gasteiger partial charge in [-0.1, -0.05) is 48.0 Å². The molecule has 0 amide bonds. The van der Waals surface area contributed by atoms with Gasteiger partial charge in [0.15, 0.2) is 6.10 Å². The van der Waals surface area contributed by atoms with Crippen molar-refractivity contribution in [2.24, 2.45) is 0 Å². The van der Waals surface area contributed by atoms with Gasteiger partial charge in [0.25, 0.3) is 5.89 Å². The molecule has 0 N–H and O–H groups in total. The zero-order valence-corrected chi connectivity index (χ0v) is 17.1. The molecule has 0 unspecified atom stereocenters. The number of hydrogen-bond acceptors (Lipinski definition) is 7. The molecule has 0 saturated heterocycles. The number of hydrogen-bond donors (Lipinski definition) is 0. The monoisotopic (exact) mass is 405 g/mol. The van der Waals surface area contributed by atoms with Crippen LogP contribution in [0.2, 0.25) is 0 Å².